The molecule has 9 heteroatoms. The van der Waals surface area contributed by atoms with E-state index in [0.717, 1.165) is 11.1 Å². The van der Waals surface area contributed by atoms with E-state index in [2.05, 4.69) is 47.9 Å². The first-order valence-electron chi connectivity index (χ1n) is 9.17. The van der Waals surface area contributed by atoms with Gasteiger partial charge in [-0.15, -0.1) is 0 Å². The largest absolute Gasteiger partial charge is 0.486 e. The summed E-state index contributed by atoms with van der Waals surface area (Å²) in [5.41, 5.74) is 2.94. The van der Waals surface area contributed by atoms with E-state index in [4.69, 9.17) is 27.9 Å². The van der Waals surface area contributed by atoms with Crippen LogP contribution in [-0.2, 0) is 6.61 Å². The molecular weight excluding hydrogens is 584 g/mol. The Kier molecular flexibility index (Phi) is 6.87. The summed E-state index contributed by atoms with van der Waals surface area (Å²) < 4.78 is 20.8. The summed E-state index contributed by atoms with van der Waals surface area (Å²) in [5.74, 6) is 0.572. The number of nitrogens with zero attached hydrogens (tertiary/aromatic N) is 2. The number of imidazole rings is 1. The number of H-pyrrole nitrogens is 1. The summed E-state index contributed by atoms with van der Waals surface area (Å²) in [7, 11) is 0. The van der Waals surface area contributed by atoms with Crippen molar-refractivity contribution in [1.82, 2.24) is 9.97 Å². The lowest BCUT2D eigenvalue weighted by atomic mass is 10.1. The molecule has 0 amide bonds. The van der Waals surface area contributed by atoms with Gasteiger partial charge in [-0.25, -0.2) is 9.37 Å². The first-order valence-corrected chi connectivity index (χ1v) is 11.5. The van der Waals surface area contributed by atoms with Gasteiger partial charge in [-0.05, 0) is 86.0 Å². The highest BCUT2D eigenvalue weighted by Gasteiger charge is 2.13. The Labute approximate surface area is 209 Å². The predicted octanol–water partition coefficient (Wildman–Crippen LogP) is 8.18. The van der Waals surface area contributed by atoms with Crippen molar-refractivity contribution in [2.24, 2.45) is 0 Å². The number of fused-ring (bicyclic) bond motifs is 1. The highest BCUT2D eigenvalue weighted by atomic mass is 79.9. The average Bonchev–Trinajstić information content (AvgIpc) is 3.15. The van der Waals surface area contributed by atoms with E-state index in [1.807, 2.05) is 18.2 Å². The van der Waals surface area contributed by atoms with E-state index < -0.39 is 0 Å². The minimum atomic E-state index is -0.376. The first-order chi connectivity index (χ1) is 15.3. The van der Waals surface area contributed by atoms with Gasteiger partial charge in [0.15, 0.2) is 0 Å². The third kappa shape index (κ3) is 5.00. The molecule has 3 aromatic carbocycles. The van der Waals surface area contributed by atoms with Crippen LogP contribution >= 0.6 is 55.1 Å². The Morgan fingerprint density at radius 3 is 2.56 bits per heavy atom. The van der Waals surface area contributed by atoms with E-state index in [0.29, 0.717) is 47.2 Å². The monoisotopic (exact) mass is 593 g/mol. The third-order valence-corrected chi connectivity index (χ3v) is 6.30. The van der Waals surface area contributed by atoms with Crippen molar-refractivity contribution >= 4 is 77.7 Å². The number of aromatic amines is 1. The van der Waals surface area contributed by atoms with Crippen molar-refractivity contribution < 1.29 is 9.13 Å². The maximum atomic E-state index is 13.5. The number of hydrogen-bond acceptors (Lipinski definition) is 3. The van der Waals surface area contributed by atoms with Crippen molar-refractivity contribution in [3.63, 3.8) is 0 Å². The van der Waals surface area contributed by atoms with Crippen LogP contribution in [0.4, 0.5) is 4.39 Å². The molecule has 4 nitrogen and oxygen atoms in total. The van der Waals surface area contributed by atoms with Gasteiger partial charge in [-0.2, -0.15) is 5.26 Å². The van der Waals surface area contributed by atoms with Crippen molar-refractivity contribution in [1.29, 1.82) is 5.26 Å². The molecule has 0 spiro atoms. The lowest BCUT2D eigenvalue weighted by Crippen LogP contribution is -1.98. The topological polar surface area (TPSA) is 61.7 Å². The molecule has 0 unspecified atom stereocenters. The van der Waals surface area contributed by atoms with Crippen molar-refractivity contribution in [2.45, 2.75) is 6.61 Å². The Hall–Kier alpha value is -2.37. The molecule has 4 aromatic rings. The second kappa shape index (κ2) is 9.63. The number of ether oxygens (including phenoxy) is 1. The van der Waals surface area contributed by atoms with E-state index in [9.17, 15) is 9.65 Å². The van der Waals surface area contributed by atoms with Crippen LogP contribution in [-0.4, -0.2) is 9.97 Å². The van der Waals surface area contributed by atoms with E-state index >= 15 is 0 Å². The summed E-state index contributed by atoms with van der Waals surface area (Å²) in [6, 6.07) is 15.2. The summed E-state index contributed by atoms with van der Waals surface area (Å²) in [5, 5.41) is 10.7. The molecule has 0 bridgehead atoms. The molecule has 0 saturated heterocycles. The van der Waals surface area contributed by atoms with Gasteiger partial charge in [0.05, 0.1) is 25.6 Å². The Balaban J connectivity index is 1.61. The van der Waals surface area contributed by atoms with Crippen LogP contribution in [0.2, 0.25) is 10.0 Å². The normalized spacial score (nSPS) is 11.6. The van der Waals surface area contributed by atoms with E-state index in [-0.39, 0.29) is 12.4 Å². The van der Waals surface area contributed by atoms with Crippen LogP contribution in [0.3, 0.4) is 0 Å². The van der Waals surface area contributed by atoms with Crippen LogP contribution in [0.1, 0.15) is 17.0 Å². The van der Waals surface area contributed by atoms with Gasteiger partial charge >= 0.3 is 0 Å². The lowest BCUT2D eigenvalue weighted by Gasteiger charge is -2.12. The fourth-order valence-corrected chi connectivity index (χ4v) is 4.93. The van der Waals surface area contributed by atoms with Crippen molar-refractivity contribution in [3.05, 3.63) is 90.3 Å². The molecule has 0 fully saturated rings. The molecule has 32 heavy (non-hydrogen) atoms. The van der Waals surface area contributed by atoms with Crippen LogP contribution in [0.15, 0.2) is 57.5 Å². The Morgan fingerprint density at radius 2 is 1.88 bits per heavy atom. The average molecular weight is 596 g/mol. The number of nitrogens with one attached hydrogen (secondary N) is 1. The molecule has 160 valence electrons. The lowest BCUT2D eigenvalue weighted by molar-refractivity contribution is 0.302. The number of aromatic nitrogens is 2. The fraction of sp³-hybridized carbons (Fsp3) is 0.0435. The SMILES string of the molecule is N#C/C(=C/c1cc(Br)c(OCc2ccc(Cl)cc2Cl)c(Br)c1)c1nc2ccc(F)cc2[nH]1. The standard InChI is InChI=1S/C23H12Br2Cl2FN3O/c24-17-6-12(5-14(10-29)23-30-20-4-3-16(28)9-21(20)31-23)7-18(25)22(17)32-11-13-1-2-15(26)8-19(13)27/h1-9H,11H2,(H,30,31)/b14-5-. The summed E-state index contributed by atoms with van der Waals surface area (Å²) in [4.78, 5) is 7.36. The zero-order valence-corrected chi connectivity index (χ0v) is 20.8. The van der Waals surface area contributed by atoms with E-state index in [1.54, 1.807) is 24.3 Å². The number of allylic oxidation sites excluding steroid dienone is 1. The van der Waals surface area contributed by atoms with Crippen LogP contribution in [0, 0.1) is 17.1 Å². The smallest absolute Gasteiger partial charge is 0.149 e. The molecule has 1 heterocycles. The van der Waals surface area contributed by atoms with Gasteiger partial charge in [-0.3, -0.25) is 0 Å². The van der Waals surface area contributed by atoms with Crippen LogP contribution in [0.5, 0.6) is 5.75 Å². The Bertz CT molecular complexity index is 1390. The molecule has 1 N–H and O–H groups in total. The molecule has 0 saturated carbocycles. The molecule has 1 aromatic heterocycles. The molecule has 0 aliphatic rings. The summed E-state index contributed by atoms with van der Waals surface area (Å²) in [6.45, 7) is 0.251. The minimum absolute atomic E-state index is 0.251. The van der Waals surface area contributed by atoms with Gasteiger partial charge in [0.2, 0.25) is 0 Å². The van der Waals surface area contributed by atoms with Crippen molar-refractivity contribution in [2.75, 3.05) is 0 Å². The fourth-order valence-electron chi connectivity index (χ4n) is 3.02. The minimum Gasteiger partial charge on any atom is -0.486 e. The first kappa shape index (κ1) is 22.8. The van der Waals surface area contributed by atoms with Gasteiger partial charge in [0.25, 0.3) is 0 Å². The maximum Gasteiger partial charge on any atom is 0.149 e. The highest BCUT2D eigenvalue weighted by molar-refractivity contribution is 9.11. The maximum absolute atomic E-state index is 13.5. The summed E-state index contributed by atoms with van der Waals surface area (Å²) >= 11 is 19.2. The molecule has 0 radical (unpaired) electrons. The Morgan fingerprint density at radius 1 is 1.12 bits per heavy atom. The predicted molar refractivity (Wildman–Crippen MR) is 132 cm³/mol. The van der Waals surface area contributed by atoms with Gasteiger partial charge in [0, 0.05) is 15.6 Å². The van der Waals surface area contributed by atoms with Gasteiger partial charge < -0.3 is 9.72 Å². The quantitative estimate of drug-likeness (QED) is 0.237. The van der Waals surface area contributed by atoms with Gasteiger partial charge in [0.1, 0.15) is 30.1 Å². The van der Waals surface area contributed by atoms with Crippen molar-refractivity contribution in [3.8, 4) is 11.8 Å². The summed E-state index contributed by atoms with van der Waals surface area (Å²) in [6.07, 6.45) is 1.68. The zero-order valence-electron chi connectivity index (χ0n) is 16.1. The number of hydrogen-bond donors (Lipinski definition) is 1. The number of halogens is 5. The van der Waals surface area contributed by atoms with Crippen LogP contribution < -0.4 is 4.74 Å². The highest BCUT2D eigenvalue weighted by Crippen LogP contribution is 2.37. The number of rotatable bonds is 5. The molecule has 0 atom stereocenters. The van der Waals surface area contributed by atoms with Crippen LogP contribution in [0.25, 0.3) is 22.7 Å². The zero-order chi connectivity index (χ0) is 22.8. The second-order valence-electron chi connectivity index (χ2n) is 6.75. The molecule has 0 aliphatic carbocycles. The molecular formula is C23H12Br2Cl2FN3O. The number of nitriles is 1. The van der Waals surface area contributed by atoms with E-state index in [1.165, 1.54) is 12.1 Å². The van der Waals surface area contributed by atoms with Gasteiger partial charge in [-0.1, -0.05) is 29.3 Å². The second-order valence-corrected chi connectivity index (χ2v) is 9.31. The molecule has 4 rings (SSSR count). The third-order valence-electron chi connectivity index (χ3n) is 4.54. The molecule has 0 aliphatic heterocycles. The number of benzene rings is 3.